The van der Waals surface area contributed by atoms with Crippen molar-refractivity contribution in [2.24, 2.45) is 0 Å². The van der Waals surface area contributed by atoms with Gasteiger partial charge in [0.2, 0.25) is 0 Å². The third-order valence-corrected chi connectivity index (χ3v) is 4.42. The highest BCUT2D eigenvalue weighted by atomic mass is 35.5. The number of halogens is 1. The maximum atomic E-state index is 6.37. The van der Waals surface area contributed by atoms with E-state index in [0.717, 1.165) is 18.1 Å². The number of rotatable bonds is 6. The summed E-state index contributed by atoms with van der Waals surface area (Å²) >= 11 is 5.93. The predicted molar refractivity (Wildman–Crippen MR) is 85.2 cm³/mol. The lowest BCUT2D eigenvalue weighted by molar-refractivity contribution is -0.0653. The van der Waals surface area contributed by atoms with Gasteiger partial charge in [0, 0.05) is 11.6 Å². The van der Waals surface area contributed by atoms with Crippen molar-refractivity contribution >= 4 is 11.6 Å². The summed E-state index contributed by atoms with van der Waals surface area (Å²) in [5.74, 6) is 0. The smallest absolute Gasteiger partial charge is 0.0810 e. The Morgan fingerprint density at radius 3 is 2.35 bits per heavy atom. The minimum Gasteiger partial charge on any atom is -0.369 e. The molecule has 112 valence electrons. The number of likely N-dealkylation sites (N-methyl/N-ethyl adjacent to an activating group) is 1. The summed E-state index contributed by atoms with van der Waals surface area (Å²) in [6, 6.07) is 7.98. The summed E-state index contributed by atoms with van der Waals surface area (Å²) in [6.07, 6.45) is 7.61. The Balaban J connectivity index is 1.97. The molecule has 3 heteroatoms. The van der Waals surface area contributed by atoms with E-state index in [4.69, 9.17) is 16.3 Å². The van der Waals surface area contributed by atoms with Crippen LogP contribution in [-0.4, -0.2) is 18.7 Å². The first-order valence-corrected chi connectivity index (χ1v) is 8.21. The van der Waals surface area contributed by atoms with Crippen molar-refractivity contribution in [3.8, 4) is 0 Å². The SMILES string of the molecule is CCNCC1(OCc2ccc(Cl)cc2)CCCCCC1. The van der Waals surface area contributed by atoms with E-state index < -0.39 is 0 Å². The number of hydrogen-bond donors (Lipinski definition) is 1. The van der Waals surface area contributed by atoms with E-state index in [9.17, 15) is 0 Å². The molecule has 1 aliphatic rings. The number of benzene rings is 1. The average Bonchev–Trinajstić information content (AvgIpc) is 2.71. The highest BCUT2D eigenvalue weighted by molar-refractivity contribution is 6.30. The van der Waals surface area contributed by atoms with Gasteiger partial charge in [-0.25, -0.2) is 0 Å². The predicted octanol–water partition coefficient (Wildman–Crippen LogP) is 4.56. The molecule has 1 aromatic rings. The molecule has 0 aromatic heterocycles. The Hall–Kier alpha value is -0.570. The van der Waals surface area contributed by atoms with Crippen molar-refractivity contribution in [1.29, 1.82) is 0 Å². The second kappa shape index (κ2) is 8.02. The molecule has 0 bridgehead atoms. The van der Waals surface area contributed by atoms with E-state index in [-0.39, 0.29) is 5.60 Å². The lowest BCUT2D eigenvalue weighted by Gasteiger charge is -2.33. The zero-order valence-electron chi connectivity index (χ0n) is 12.5. The molecule has 20 heavy (non-hydrogen) atoms. The van der Waals surface area contributed by atoms with Gasteiger partial charge in [0.05, 0.1) is 12.2 Å². The first kappa shape index (κ1) is 15.8. The van der Waals surface area contributed by atoms with E-state index in [1.807, 2.05) is 12.1 Å². The highest BCUT2D eigenvalue weighted by Gasteiger charge is 2.31. The standard InChI is InChI=1S/C17H26ClNO/c1-2-19-14-17(11-5-3-4-6-12-17)20-13-15-7-9-16(18)10-8-15/h7-10,19H,2-6,11-14H2,1H3. The fraction of sp³-hybridized carbons (Fsp3) is 0.647. The zero-order chi connectivity index (χ0) is 14.3. The molecule has 0 radical (unpaired) electrons. The lowest BCUT2D eigenvalue weighted by Crippen LogP contribution is -2.42. The average molecular weight is 296 g/mol. The van der Waals surface area contributed by atoms with Crippen LogP contribution in [0.3, 0.4) is 0 Å². The molecule has 0 spiro atoms. The minimum absolute atomic E-state index is 0.0200. The molecular formula is C17H26ClNO. The summed E-state index contributed by atoms with van der Waals surface area (Å²) in [5.41, 5.74) is 1.22. The van der Waals surface area contributed by atoms with Gasteiger partial charge in [-0.05, 0) is 37.1 Å². The van der Waals surface area contributed by atoms with Crippen LogP contribution < -0.4 is 5.32 Å². The van der Waals surface area contributed by atoms with Gasteiger partial charge in [-0.3, -0.25) is 0 Å². The number of ether oxygens (including phenoxy) is 1. The van der Waals surface area contributed by atoms with Gasteiger partial charge in [-0.1, -0.05) is 56.3 Å². The van der Waals surface area contributed by atoms with Crippen LogP contribution in [0.2, 0.25) is 5.02 Å². The van der Waals surface area contributed by atoms with Crippen LogP contribution in [-0.2, 0) is 11.3 Å². The third-order valence-electron chi connectivity index (χ3n) is 4.17. The molecule has 0 saturated heterocycles. The van der Waals surface area contributed by atoms with Crippen molar-refractivity contribution in [1.82, 2.24) is 5.32 Å². The van der Waals surface area contributed by atoms with Gasteiger partial charge in [0.15, 0.2) is 0 Å². The summed E-state index contributed by atoms with van der Waals surface area (Å²) in [4.78, 5) is 0. The number of nitrogens with one attached hydrogen (secondary N) is 1. The first-order valence-electron chi connectivity index (χ1n) is 7.83. The Morgan fingerprint density at radius 1 is 1.10 bits per heavy atom. The molecule has 0 unspecified atom stereocenters. The normalized spacial score (nSPS) is 18.7. The molecule has 1 saturated carbocycles. The van der Waals surface area contributed by atoms with E-state index in [0.29, 0.717) is 6.61 Å². The molecule has 1 aliphatic carbocycles. The van der Waals surface area contributed by atoms with Gasteiger partial charge >= 0.3 is 0 Å². The van der Waals surface area contributed by atoms with Crippen LogP contribution in [0.5, 0.6) is 0 Å². The van der Waals surface area contributed by atoms with Gasteiger partial charge in [0.25, 0.3) is 0 Å². The Kier molecular flexibility index (Phi) is 6.34. The van der Waals surface area contributed by atoms with E-state index in [2.05, 4.69) is 24.4 Å². The maximum absolute atomic E-state index is 6.37. The summed E-state index contributed by atoms with van der Waals surface area (Å²) in [5, 5.41) is 4.27. The summed E-state index contributed by atoms with van der Waals surface area (Å²) < 4.78 is 6.37. The van der Waals surface area contributed by atoms with Gasteiger partial charge in [0.1, 0.15) is 0 Å². The van der Waals surface area contributed by atoms with Crippen molar-refractivity contribution in [2.45, 2.75) is 57.7 Å². The van der Waals surface area contributed by atoms with Crippen LogP contribution >= 0.6 is 11.6 Å². The second-order valence-electron chi connectivity index (χ2n) is 5.79. The quantitative estimate of drug-likeness (QED) is 0.777. The molecule has 1 aromatic carbocycles. The Bertz CT molecular complexity index is 382. The molecule has 0 aliphatic heterocycles. The largest absolute Gasteiger partial charge is 0.369 e. The van der Waals surface area contributed by atoms with Gasteiger partial charge < -0.3 is 10.1 Å². The second-order valence-corrected chi connectivity index (χ2v) is 6.23. The Morgan fingerprint density at radius 2 is 1.75 bits per heavy atom. The van der Waals surface area contributed by atoms with Crippen LogP contribution in [0.15, 0.2) is 24.3 Å². The maximum Gasteiger partial charge on any atom is 0.0810 e. The van der Waals surface area contributed by atoms with Crippen LogP contribution in [0.25, 0.3) is 0 Å². The van der Waals surface area contributed by atoms with Gasteiger partial charge in [-0.2, -0.15) is 0 Å². The fourth-order valence-electron chi connectivity index (χ4n) is 2.91. The molecule has 1 fully saturated rings. The summed E-state index contributed by atoms with van der Waals surface area (Å²) in [7, 11) is 0. The van der Waals surface area contributed by atoms with E-state index in [1.54, 1.807) is 0 Å². The molecule has 1 N–H and O–H groups in total. The van der Waals surface area contributed by atoms with Crippen LogP contribution in [0.4, 0.5) is 0 Å². The monoisotopic (exact) mass is 295 g/mol. The minimum atomic E-state index is 0.0200. The van der Waals surface area contributed by atoms with Crippen molar-refractivity contribution < 1.29 is 4.74 Å². The Labute approximate surface area is 127 Å². The summed E-state index contributed by atoms with van der Waals surface area (Å²) in [6.45, 7) is 4.81. The zero-order valence-corrected chi connectivity index (χ0v) is 13.2. The van der Waals surface area contributed by atoms with Crippen molar-refractivity contribution in [3.63, 3.8) is 0 Å². The number of hydrogen-bond acceptors (Lipinski definition) is 2. The fourth-order valence-corrected chi connectivity index (χ4v) is 3.04. The third kappa shape index (κ3) is 4.76. The molecule has 2 rings (SSSR count). The van der Waals surface area contributed by atoms with Gasteiger partial charge in [-0.15, -0.1) is 0 Å². The van der Waals surface area contributed by atoms with Crippen LogP contribution in [0.1, 0.15) is 51.0 Å². The molecule has 2 nitrogen and oxygen atoms in total. The first-order chi connectivity index (χ1) is 9.74. The van der Waals surface area contributed by atoms with Crippen molar-refractivity contribution in [2.75, 3.05) is 13.1 Å². The molecule has 0 amide bonds. The van der Waals surface area contributed by atoms with Crippen molar-refractivity contribution in [3.05, 3.63) is 34.9 Å². The molecular weight excluding hydrogens is 270 g/mol. The highest BCUT2D eigenvalue weighted by Crippen LogP contribution is 2.31. The lowest BCUT2D eigenvalue weighted by atomic mass is 9.94. The molecule has 0 heterocycles. The topological polar surface area (TPSA) is 21.3 Å². The molecule has 0 atom stereocenters. The van der Waals surface area contributed by atoms with E-state index >= 15 is 0 Å². The van der Waals surface area contributed by atoms with E-state index in [1.165, 1.54) is 44.1 Å². The van der Waals surface area contributed by atoms with Crippen LogP contribution in [0, 0.1) is 0 Å².